The van der Waals surface area contributed by atoms with Crippen molar-refractivity contribution in [3.63, 3.8) is 0 Å². The topological polar surface area (TPSA) is 59.1 Å². The van der Waals surface area contributed by atoms with Gasteiger partial charge in [-0.1, -0.05) is 44.0 Å². The summed E-state index contributed by atoms with van der Waals surface area (Å²) in [6, 6.07) is 1.29. The molecule has 4 nitrogen and oxygen atoms in total. The number of halogens is 2. The molecule has 0 bridgehead atoms. The van der Waals surface area contributed by atoms with Crippen LogP contribution >= 0.6 is 23.2 Å². The fourth-order valence-electron chi connectivity index (χ4n) is 1.19. The van der Waals surface area contributed by atoms with E-state index >= 15 is 0 Å². The lowest BCUT2D eigenvalue weighted by molar-refractivity contribution is 0.378. The van der Waals surface area contributed by atoms with Crippen LogP contribution in [-0.2, 0) is 10.0 Å². The van der Waals surface area contributed by atoms with Crippen LogP contribution in [0.5, 0.6) is 0 Å². The van der Waals surface area contributed by atoms with Gasteiger partial charge in [0.2, 0.25) is 10.0 Å². The molecular formula is C11H16Cl2N2O2S. The third-order valence-corrected chi connectivity index (χ3v) is 4.36. The van der Waals surface area contributed by atoms with Crippen molar-refractivity contribution in [1.29, 1.82) is 0 Å². The van der Waals surface area contributed by atoms with Crippen molar-refractivity contribution in [2.45, 2.75) is 32.1 Å². The highest BCUT2D eigenvalue weighted by Crippen LogP contribution is 2.22. The van der Waals surface area contributed by atoms with Crippen LogP contribution in [-0.4, -0.2) is 19.9 Å². The van der Waals surface area contributed by atoms with Crippen molar-refractivity contribution in [2.24, 2.45) is 5.41 Å². The van der Waals surface area contributed by atoms with Crippen LogP contribution < -0.4 is 4.72 Å². The number of aromatic nitrogens is 1. The number of hydrogen-bond donors (Lipinski definition) is 1. The highest BCUT2D eigenvalue weighted by Gasteiger charge is 2.17. The van der Waals surface area contributed by atoms with E-state index in [0.29, 0.717) is 6.54 Å². The maximum absolute atomic E-state index is 11.9. The molecule has 0 aliphatic rings. The minimum absolute atomic E-state index is 0.0193. The summed E-state index contributed by atoms with van der Waals surface area (Å²) in [4.78, 5) is 3.74. The van der Waals surface area contributed by atoms with Gasteiger partial charge in [0, 0.05) is 12.7 Å². The highest BCUT2D eigenvalue weighted by atomic mass is 35.5. The Kier molecular flexibility index (Phi) is 5.00. The number of nitrogens with zero attached hydrogens (tertiary/aromatic N) is 1. The van der Waals surface area contributed by atoms with Gasteiger partial charge in [-0.2, -0.15) is 0 Å². The van der Waals surface area contributed by atoms with Gasteiger partial charge >= 0.3 is 0 Å². The van der Waals surface area contributed by atoms with Gasteiger partial charge in [-0.15, -0.1) is 0 Å². The van der Waals surface area contributed by atoms with Gasteiger partial charge in [-0.05, 0) is 17.9 Å². The third kappa shape index (κ3) is 4.72. The van der Waals surface area contributed by atoms with Crippen LogP contribution in [0.2, 0.25) is 10.2 Å². The van der Waals surface area contributed by atoms with Gasteiger partial charge in [-0.25, -0.2) is 18.1 Å². The fourth-order valence-corrected chi connectivity index (χ4v) is 2.53. The molecule has 0 aliphatic carbocycles. The summed E-state index contributed by atoms with van der Waals surface area (Å²) in [6.45, 7) is 6.50. The number of hydrogen-bond acceptors (Lipinski definition) is 3. The fraction of sp³-hybridized carbons (Fsp3) is 0.545. The van der Waals surface area contributed by atoms with E-state index in [2.05, 4.69) is 9.71 Å². The Balaban J connectivity index is 2.77. The molecule has 0 unspecified atom stereocenters. The summed E-state index contributed by atoms with van der Waals surface area (Å²) in [5.41, 5.74) is 0.0679. The Bertz CT molecular complexity index is 524. The molecule has 0 saturated carbocycles. The van der Waals surface area contributed by atoms with E-state index in [9.17, 15) is 8.42 Å². The minimum Gasteiger partial charge on any atom is -0.242 e. The van der Waals surface area contributed by atoms with Gasteiger partial charge < -0.3 is 0 Å². The zero-order chi connectivity index (χ0) is 14.0. The molecule has 0 radical (unpaired) electrons. The standard InChI is InChI=1S/C11H16Cl2N2O2S/c1-11(2,3)4-5-15-18(16,17)8-6-9(12)10(13)14-7-8/h6-7,15H,4-5H2,1-3H3. The average Bonchev–Trinajstić information content (AvgIpc) is 2.19. The molecule has 102 valence electrons. The summed E-state index contributed by atoms with van der Waals surface area (Å²) >= 11 is 11.4. The molecule has 0 spiro atoms. The molecule has 0 aromatic carbocycles. The van der Waals surface area contributed by atoms with Crippen LogP contribution in [0.3, 0.4) is 0 Å². The SMILES string of the molecule is CC(C)(C)CCNS(=O)(=O)c1cnc(Cl)c(Cl)c1. The Morgan fingerprint density at radius 1 is 1.33 bits per heavy atom. The normalized spacial score (nSPS) is 12.7. The highest BCUT2D eigenvalue weighted by molar-refractivity contribution is 7.89. The molecule has 0 fully saturated rings. The van der Waals surface area contributed by atoms with Crippen molar-refractivity contribution >= 4 is 33.2 Å². The van der Waals surface area contributed by atoms with E-state index in [1.54, 1.807) is 0 Å². The Hall–Kier alpha value is -0.360. The summed E-state index contributed by atoms with van der Waals surface area (Å²) in [7, 11) is -3.58. The van der Waals surface area contributed by atoms with E-state index in [1.165, 1.54) is 12.3 Å². The maximum Gasteiger partial charge on any atom is 0.242 e. The molecule has 1 heterocycles. The monoisotopic (exact) mass is 310 g/mol. The Labute approximate surface area is 118 Å². The molecule has 1 N–H and O–H groups in total. The first-order chi connectivity index (χ1) is 8.12. The Morgan fingerprint density at radius 2 is 1.94 bits per heavy atom. The largest absolute Gasteiger partial charge is 0.242 e. The number of pyridine rings is 1. The molecule has 0 amide bonds. The molecule has 1 rings (SSSR count). The van der Waals surface area contributed by atoms with Crippen LogP contribution in [0.1, 0.15) is 27.2 Å². The van der Waals surface area contributed by atoms with Gasteiger partial charge in [0.15, 0.2) is 0 Å². The van der Waals surface area contributed by atoms with Gasteiger partial charge in [-0.3, -0.25) is 0 Å². The first kappa shape index (κ1) is 15.7. The minimum atomic E-state index is -3.58. The van der Waals surface area contributed by atoms with E-state index in [1.807, 2.05) is 20.8 Å². The van der Waals surface area contributed by atoms with Gasteiger partial charge in [0.05, 0.1) is 5.02 Å². The van der Waals surface area contributed by atoms with Crippen molar-refractivity contribution in [1.82, 2.24) is 9.71 Å². The van der Waals surface area contributed by atoms with E-state index in [4.69, 9.17) is 23.2 Å². The van der Waals surface area contributed by atoms with Gasteiger partial charge in [0.25, 0.3) is 0 Å². The van der Waals surface area contributed by atoms with Gasteiger partial charge in [0.1, 0.15) is 10.0 Å². The second-order valence-electron chi connectivity index (χ2n) is 5.15. The molecule has 7 heteroatoms. The zero-order valence-corrected chi connectivity index (χ0v) is 12.8. The predicted octanol–water partition coefficient (Wildman–Crippen LogP) is 3.10. The summed E-state index contributed by atoms with van der Waals surface area (Å²) in [5, 5.41) is 0.209. The molecule has 0 saturated heterocycles. The van der Waals surface area contributed by atoms with Crippen molar-refractivity contribution < 1.29 is 8.42 Å². The van der Waals surface area contributed by atoms with Crippen molar-refractivity contribution in [2.75, 3.05) is 6.54 Å². The number of rotatable bonds is 4. The molecular weight excluding hydrogens is 295 g/mol. The molecule has 18 heavy (non-hydrogen) atoms. The van der Waals surface area contributed by atoms with E-state index in [0.717, 1.165) is 6.42 Å². The Morgan fingerprint density at radius 3 is 2.44 bits per heavy atom. The van der Waals surface area contributed by atoms with Crippen LogP contribution in [0.15, 0.2) is 17.2 Å². The van der Waals surface area contributed by atoms with Crippen molar-refractivity contribution in [3.05, 3.63) is 22.4 Å². The van der Waals surface area contributed by atoms with Crippen molar-refractivity contribution in [3.8, 4) is 0 Å². The van der Waals surface area contributed by atoms with E-state index in [-0.39, 0.29) is 20.5 Å². The quantitative estimate of drug-likeness (QED) is 0.869. The molecule has 0 atom stereocenters. The lowest BCUT2D eigenvalue weighted by atomic mass is 9.93. The number of nitrogens with one attached hydrogen (secondary N) is 1. The number of sulfonamides is 1. The lowest BCUT2D eigenvalue weighted by Crippen LogP contribution is -2.27. The van der Waals surface area contributed by atoms with Crippen LogP contribution in [0, 0.1) is 5.41 Å². The zero-order valence-electron chi connectivity index (χ0n) is 10.5. The predicted molar refractivity (Wildman–Crippen MR) is 73.5 cm³/mol. The average molecular weight is 311 g/mol. The van der Waals surface area contributed by atoms with E-state index < -0.39 is 10.0 Å². The summed E-state index contributed by atoms with van der Waals surface area (Å²) in [5.74, 6) is 0. The summed E-state index contributed by atoms with van der Waals surface area (Å²) < 4.78 is 26.4. The van der Waals surface area contributed by atoms with Crippen LogP contribution in [0.25, 0.3) is 0 Å². The first-order valence-electron chi connectivity index (χ1n) is 5.42. The summed E-state index contributed by atoms with van der Waals surface area (Å²) in [6.07, 6.45) is 1.93. The smallest absolute Gasteiger partial charge is 0.242 e. The maximum atomic E-state index is 11.9. The second-order valence-corrected chi connectivity index (χ2v) is 7.68. The second kappa shape index (κ2) is 5.74. The lowest BCUT2D eigenvalue weighted by Gasteiger charge is -2.18. The molecule has 1 aromatic rings. The molecule has 1 aromatic heterocycles. The first-order valence-corrected chi connectivity index (χ1v) is 7.66. The molecule has 0 aliphatic heterocycles. The third-order valence-electron chi connectivity index (χ3n) is 2.25. The van der Waals surface area contributed by atoms with Crippen LogP contribution in [0.4, 0.5) is 0 Å².